The summed E-state index contributed by atoms with van der Waals surface area (Å²) in [5.74, 6) is 0.859. The lowest BCUT2D eigenvalue weighted by Gasteiger charge is -2.11. The van der Waals surface area contributed by atoms with E-state index in [1.54, 1.807) is 7.11 Å². The van der Waals surface area contributed by atoms with Gasteiger partial charge in [0.05, 0.1) is 19.2 Å². The van der Waals surface area contributed by atoms with E-state index in [4.69, 9.17) is 4.74 Å². The number of carbonyl (C=O) groups excluding carboxylic acids is 1. The molecule has 1 aromatic heterocycles. The van der Waals surface area contributed by atoms with Crippen LogP contribution in [0.3, 0.4) is 0 Å². The number of aldehydes is 1. The van der Waals surface area contributed by atoms with Crippen LogP contribution in [0.25, 0.3) is 10.9 Å². The van der Waals surface area contributed by atoms with Gasteiger partial charge in [-0.15, -0.1) is 0 Å². The van der Waals surface area contributed by atoms with E-state index < -0.39 is 0 Å². The molecule has 0 fully saturated rings. The Balaban J connectivity index is 2.09. The first kappa shape index (κ1) is 12.5. The zero-order valence-corrected chi connectivity index (χ0v) is 11.2. The lowest BCUT2D eigenvalue weighted by Crippen LogP contribution is -2.01. The smallest absolute Gasteiger partial charge is 0.152 e. The first-order chi connectivity index (χ1) is 9.83. The normalized spacial score (nSPS) is 10.7. The summed E-state index contributed by atoms with van der Waals surface area (Å²) in [6, 6.07) is 15.7. The zero-order valence-electron chi connectivity index (χ0n) is 11.2. The average molecular weight is 265 g/mol. The number of carbonyl (C=O) groups is 1. The van der Waals surface area contributed by atoms with Gasteiger partial charge in [-0.3, -0.25) is 4.79 Å². The molecule has 0 unspecified atom stereocenters. The van der Waals surface area contributed by atoms with Crippen molar-refractivity contribution in [1.82, 2.24) is 4.57 Å². The number of benzene rings is 2. The molecule has 0 aliphatic rings. The Hall–Kier alpha value is -2.55. The van der Waals surface area contributed by atoms with Crippen molar-refractivity contribution in [3.05, 3.63) is 65.9 Å². The predicted molar refractivity (Wildman–Crippen MR) is 79.4 cm³/mol. The number of rotatable bonds is 4. The van der Waals surface area contributed by atoms with E-state index in [0.29, 0.717) is 12.1 Å². The fraction of sp³-hybridized carbons (Fsp3) is 0.118. The summed E-state index contributed by atoms with van der Waals surface area (Å²) in [7, 11) is 1.67. The van der Waals surface area contributed by atoms with Gasteiger partial charge in [-0.1, -0.05) is 30.3 Å². The molecule has 0 aliphatic carbocycles. The number of aromatic nitrogens is 1. The topological polar surface area (TPSA) is 31.2 Å². The minimum atomic E-state index is 0.679. The predicted octanol–water partition coefficient (Wildman–Crippen LogP) is 3.51. The van der Waals surface area contributed by atoms with Gasteiger partial charge in [-0.2, -0.15) is 0 Å². The van der Waals surface area contributed by atoms with Crippen molar-refractivity contribution in [2.75, 3.05) is 7.11 Å². The Labute approximate surface area is 117 Å². The van der Waals surface area contributed by atoms with Gasteiger partial charge in [0.2, 0.25) is 0 Å². The van der Waals surface area contributed by atoms with Crippen LogP contribution in [-0.2, 0) is 6.54 Å². The Morgan fingerprint density at radius 1 is 1.10 bits per heavy atom. The molecule has 1 heterocycles. The van der Waals surface area contributed by atoms with Crippen LogP contribution in [0.5, 0.6) is 5.75 Å². The second kappa shape index (κ2) is 5.21. The highest BCUT2D eigenvalue weighted by atomic mass is 16.5. The largest absolute Gasteiger partial charge is 0.496 e. The average Bonchev–Trinajstić information content (AvgIpc) is 2.91. The van der Waals surface area contributed by atoms with Gasteiger partial charge < -0.3 is 9.30 Å². The number of nitrogens with zero attached hydrogens (tertiary/aromatic N) is 1. The molecule has 3 aromatic rings. The van der Waals surface area contributed by atoms with Crippen LogP contribution in [0.15, 0.2) is 54.7 Å². The molecule has 2 aromatic carbocycles. The quantitative estimate of drug-likeness (QED) is 0.676. The molecule has 100 valence electrons. The molecule has 3 rings (SSSR count). The molecular formula is C17H15NO2. The number of hydrogen-bond donors (Lipinski definition) is 0. The molecule has 0 amide bonds. The maximum absolute atomic E-state index is 11.2. The van der Waals surface area contributed by atoms with Crippen molar-refractivity contribution >= 4 is 17.2 Å². The summed E-state index contributed by atoms with van der Waals surface area (Å²) in [4.78, 5) is 11.2. The Morgan fingerprint density at radius 2 is 1.95 bits per heavy atom. The number of para-hydroxylation sites is 2. The van der Waals surface area contributed by atoms with E-state index in [2.05, 4.69) is 4.57 Å². The van der Waals surface area contributed by atoms with Crippen molar-refractivity contribution in [1.29, 1.82) is 0 Å². The lowest BCUT2D eigenvalue weighted by molar-refractivity contribution is 0.112. The highest BCUT2D eigenvalue weighted by Crippen LogP contribution is 2.23. The van der Waals surface area contributed by atoms with Crippen LogP contribution in [0.4, 0.5) is 0 Å². The standard InChI is InChI=1S/C17H15NO2/c1-20-16-8-3-2-5-14(16)11-18-10-9-13-6-4-7-15(12-19)17(13)18/h2-10,12H,11H2,1H3. The van der Waals surface area contributed by atoms with E-state index >= 15 is 0 Å². The summed E-state index contributed by atoms with van der Waals surface area (Å²) < 4.78 is 7.46. The van der Waals surface area contributed by atoms with Gasteiger partial charge in [0.25, 0.3) is 0 Å². The van der Waals surface area contributed by atoms with E-state index in [9.17, 15) is 4.79 Å². The fourth-order valence-corrected chi connectivity index (χ4v) is 2.53. The van der Waals surface area contributed by atoms with Gasteiger partial charge in [0.1, 0.15) is 5.75 Å². The monoisotopic (exact) mass is 265 g/mol. The van der Waals surface area contributed by atoms with Crippen LogP contribution >= 0.6 is 0 Å². The maximum Gasteiger partial charge on any atom is 0.152 e. The van der Waals surface area contributed by atoms with Crippen LogP contribution in [0.1, 0.15) is 15.9 Å². The second-order valence-corrected chi connectivity index (χ2v) is 4.66. The van der Waals surface area contributed by atoms with Crippen molar-refractivity contribution in [3.63, 3.8) is 0 Å². The molecule has 0 aliphatic heterocycles. The minimum Gasteiger partial charge on any atom is -0.496 e. The molecule has 3 heteroatoms. The van der Waals surface area contributed by atoms with Crippen molar-refractivity contribution in [3.8, 4) is 5.75 Å². The van der Waals surface area contributed by atoms with Gasteiger partial charge in [0, 0.05) is 22.7 Å². The zero-order chi connectivity index (χ0) is 13.9. The summed E-state index contributed by atoms with van der Waals surface area (Å²) in [6.45, 7) is 0.679. The fourth-order valence-electron chi connectivity index (χ4n) is 2.53. The van der Waals surface area contributed by atoms with E-state index in [-0.39, 0.29) is 0 Å². The summed E-state index contributed by atoms with van der Waals surface area (Å²) in [5.41, 5.74) is 2.77. The van der Waals surface area contributed by atoms with Crippen LogP contribution < -0.4 is 4.74 Å². The molecule has 0 atom stereocenters. The van der Waals surface area contributed by atoms with Gasteiger partial charge >= 0.3 is 0 Å². The van der Waals surface area contributed by atoms with Crippen molar-refractivity contribution in [2.24, 2.45) is 0 Å². The number of hydrogen-bond acceptors (Lipinski definition) is 2. The first-order valence-electron chi connectivity index (χ1n) is 6.48. The highest BCUT2D eigenvalue weighted by Gasteiger charge is 2.08. The minimum absolute atomic E-state index is 0.679. The summed E-state index contributed by atoms with van der Waals surface area (Å²) >= 11 is 0. The Bertz CT molecular complexity index is 759. The van der Waals surface area contributed by atoms with E-state index in [0.717, 1.165) is 28.5 Å². The Kier molecular flexibility index (Phi) is 3.25. The SMILES string of the molecule is COc1ccccc1Cn1ccc2cccc(C=O)c21. The number of fused-ring (bicyclic) bond motifs is 1. The van der Waals surface area contributed by atoms with Gasteiger partial charge in [-0.05, 0) is 18.2 Å². The van der Waals surface area contributed by atoms with Gasteiger partial charge in [0.15, 0.2) is 6.29 Å². The third-order valence-electron chi connectivity index (χ3n) is 3.48. The van der Waals surface area contributed by atoms with Crippen LogP contribution in [0.2, 0.25) is 0 Å². The maximum atomic E-state index is 11.2. The highest BCUT2D eigenvalue weighted by molar-refractivity contribution is 5.96. The molecule has 0 bridgehead atoms. The number of ether oxygens (including phenoxy) is 1. The third kappa shape index (κ3) is 2.07. The lowest BCUT2D eigenvalue weighted by atomic mass is 10.1. The molecule has 0 saturated heterocycles. The summed E-state index contributed by atoms with van der Waals surface area (Å²) in [6.07, 6.45) is 2.91. The molecule has 3 nitrogen and oxygen atoms in total. The summed E-state index contributed by atoms with van der Waals surface area (Å²) in [5, 5.41) is 1.07. The third-order valence-corrected chi connectivity index (χ3v) is 3.48. The van der Waals surface area contributed by atoms with Gasteiger partial charge in [-0.25, -0.2) is 0 Å². The first-order valence-corrected chi connectivity index (χ1v) is 6.48. The van der Waals surface area contributed by atoms with Crippen LogP contribution in [0, 0.1) is 0 Å². The van der Waals surface area contributed by atoms with Crippen molar-refractivity contribution in [2.45, 2.75) is 6.54 Å². The number of methoxy groups -OCH3 is 1. The second-order valence-electron chi connectivity index (χ2n) is 4.66. The van der Waals surface area contributed by atoms with Crippen LogP contribution in [-0.4, -0.2) is 18.0 Å². The molecule has 0 radical (unpaired) electrons. The molecular weight excluding hydrogens is 250 g/mol. The molecule has 20 heavy (non-hydrogen) atoms. The van der Waals surface area contributed by atoms with Crippen molar-refractivity contribution < 1.29 is 9.53 Å². The van der Waals surface area contributed by atoms with E-state index in [1.807, 2.05) is 54.7 Å². The molecule has 0 N–H and O–H groups in total. The molecule has 0 spiro atoms. The Morgan fingerprint density at radius 3 is 2.75 bits per heavy atom. The van der Waals surface area contributed by atoms with E-state index in [1.165, 1.54) is 0 Å². The molecule has 0 saturated carbocycles.